The maximum absolute atomic E-state index is 11.6. The lowest BCUT2D eigenvalue weighted by Crippen LogP contribution is -2.34. The maximum atomic E-state index is 11.6. The summed E-state index contributed by atoms with van der Waals surface area (Å²) in [6, 6.07) is 7.87. The van der Waals surface area contributed by atoms with Gasteiger partial charge in [-0.05, 0) is 30.5 Å². The second-order valence-corrected chi connectivity index (χ2v) is 6.83. The smallest absolute Gasteiger partial charge is 0.178 e. The Hall–Kier alpha value is -0.870. The van der Waals surface area contributed by atoms with E-state index in [1.807, 2.05) is 12.1 Å². The van der Waals surface area contributed by atoms with E-state index in [1.54, 1.807) is 19.1 Å². The molecule has 0 aromatic heterocycles. The van der Waals surface area contributed by atoms with Gasteiger partial charge in [-0.25, -0.2) is 8.42 Å². The predicted octanol–water partition coefficient (Wildman–Crippen LogP) is 2.12. The van der Waals surface area contributed by atoms with Crippen LogP contribution >= 0.6 is 0 Å². The first-order valence-corrected chi connectivity index (χ1v) is 7.82. The fourth-order valence-corrected chi connectivity index (χ4v) is 2.74. The van der Waals surface area contributed by atoms with E-state index in [-0.39, 0.29) is 5.75 Å². The van der Waals surface area contributed by atoms with Crippen LogP contribution in [0.4, 0.5) is 0 Å². The van der Waals surface area contributed by atoms with E-state index >= 15 is 0 Å². The third kappa shape index (κ3) is 3.07. The molecule has 17 heavy (non-hydrogen) atoms. The third-order valence-corrected chi connectivity index (χ3v) is 5.11. The Morgan fingerprint density at radius 3 is 2.35 bits per heavy atom. The van der Waals surface area contributed by atoms with Gasteiger partial charge in [-0.1, -0.05) is 25.5 Å². The zero-order chi connectivity index (χ0) is 12.3. The SMILES string of the molecule is CCS(=O)(=O)c1ccc(CNC2CCC2)cc1. The molecule has 0 amide bonds. The van der Waals surface area contributed by atoms with Crippen molar-refractivity contribution in [2.45, 2.75) is 43.7 Å². The molecule has 0 spiro atoms. The first kappa shape index (κ1) is 12.6. The lowest BCUT2D eigenvalue weighted by Gasteiger charge is -2.26. The van der Waals surface area contributed by atoms with Gasteiger partial charge in [0.1, 0.15) is 0 Å². The van der Waals surface area contributed by atoms with Gasteiger partial charge in [-0.15, -0.1) is 0 Å². The average molecular weight is 253 g/mol. The fraction of sp³-hybridized carbons (Fsp3) is 0.538. The molecule has 0 heterocycles. The van der Waals surface area contributed by atoms with Gasteiger partial charge in [0.15, 0.2) is 9.84 Å². The van der Waals surface area contributed by atoms with Gasteiger partial charge < -0.3 is 5.32 Å². The summed E-state index contributed by atoms with van der Waals surface area (Å²) >= 11 is 0. The fourth-order valence-electron chi connectivity index (χ4n) is 1.86. The minimum Gasteiger partial charge on any atom is -0.310 e. The Kier molecular flexibility index (Phi) is 3.84. The largest absolute Gasteiger partial charge is 0.310 e. The van der Waals surface area contributed by atoms with Crippen molar-refractivity contribution in [2.24, 2.45) is 0 Å². The molecule has 1 aliphatic rings. The van der Waals surface area contributed by atoms with E-state index in [4.69, 9.17) is 0 Å². The second-order valence-electron chi connectivity index (χ2n) is 4.56. The van der Waals surface area contributed by atoms with Crippen molar-refractivity contribution < 1.29 is 8.42 Å². The van der Waals surface area contributed by atoms with E-state index in [0.717, 1.165) is 12.1 Å². The molecule has 3 nitrogen and oxygen atoms in total. The van der Waals surface area contributed by atoms with E-state index < -0.39 is 9.84 Å². The van der Waals surface area contributed by atoms with Crippen molar-refractivity contribution >= 4 is 9.84 Å². The maximum Gasteiger partial charge on any atom is 0.178 e. The molecule has 0 saturated heterocycles. The standard InChI is InChI=1S/C13H19NO2S/c1-2-17(15,16)13-8-6-11(7-9-13)10-14-12-4-3-5-12/h6-9,12,14H,2-5,10H2,1H3. The van der Waals surface area contributed by atoms with Gasteiger partial charge in [0.05, 0.1) is 10.6 Å². The van der Waals surface area contributed by atoms with Gasteiger partial charge in [-0.2, -0.15) is 0 Å². The molecule has 0 unspecified atom stereocenters. The molecular weight excluding hydrogens is 234 g/mol. The third-order valence-electron chi connectivity index (χ3n) is 3.36. The van der Waals surface area contributed by atoms with Crippen molar-refractivity contribution in [1.82, 2.24) is 5.32 Å². The molecule has 1 fully saturated rings. The number of benzene rings is 1. The number of hydrogen-bond donors (Lipinski definition) is 1. The summed E-state index contributed by atoms with van der Waals surface area (Å²) in [5.74, 6) is 0.159. The van der Waals surface area contributed by atoms with E-state index in [2.05, 4.69) is 5.32 Å². The Bertz CT molecular complexity index is 461. The minimum atomic E-state index is -3.06. The van der Waals surface area contributed by atoms with Crippen LogP contribution in [0.15, 0.2) is 29.2 Å². The van der Waals surface area contributed by atoms with Crippen LogP contribution in [0.5, 0.6) is 0 Å². The highest BCUT2D eigenvalue weighted by Gasteiger charge is 2.16. The van der Waals surface area contributed by atoms with Crippen LogP contribution in [-0.4, -0.2) is 20.2 Å². The van der Waals surface area contributed by atoms with E-state index in [0.29, 0.717) is 10.9 Å². The van der Waals surface area contributed by atoms with Crippen LogP contribution in [0.25, 0.3) is 0 Å². The molecule has 1 saturated carbocycles. The van der Waals surface area contributed by atoms with Crippen LogP contribution < -0.4 is 5.32 Å². The van der Waals surface area contributed by atoms with E-state index in [1.165, 1.54) is 19.3 Å². The lowest BCUT2D eigenvalue weighted by atomic mass is 9.93. The summed E-state index contributed by atoms with van der Waals surface area (Å²) in [6.07, 6.45) is 3.86. The molecule has 4 heteroatoms. The minimum absolute atomic E-state index is 0.159. The molecule has 0 radical (unpaired) electrons. The molecule has 0 bridgehead atoms. The van der Waals surface area contributed by atoms with Crippen molar-refractivity contribution in [1.29, 1.82) is 0 Å². The quantitative estimate of drug-likeness (QED) is 0.874. The first-order chi connectivity index (χ1) is 8.12. The van der Waals surface area contributed by atoms with Crippen LogP contribution in [-0.2, 0) is 16.4 Å². The van der Waals surface area contributed by atoms with Crippen LogP contribution in [0.1, 0.15) is 31.7 Å². The highest BCUT2D eigenvalue weighted by molar-refractivity contribution is 7.91. The zero-order valence-corrected chi connectivity index (χ0v) is 11.0. The molecular formula is C13H19NO2S. The molecule has 0 aliphatic heterocycles. The molecule has 2 rings (SSSR count). The van der Waals surface area contributed by atoms with Crippen LogP contribution in [0, 0.1) is 0 Å². The molecule has 1 N–H and O–H groups in total. The van der Waals surface area contributed by atoms with Crippen LogP contribution in [0.3, 0.4) is 0 Å². The Morgan fingerprint density at radius 1 is 1.24 bits per heavy atom. The van der Waals surface area contributed by atoms with Gasteiger partial charge in [0.25, 0.3) is 0 Å². The second kappa shape index (κ2) is 5.19. The van der Waals surface area contributed by atoms with Gasteiger partial charge in [0.2, 0.25) is 0 Å². The predicted molar refractivity (Wildman–Crippen MR) is 68.6 cm³/mol. The number of rotatable bonds is 5. The highest BCUT2D eigenvalue weighted by atomic mass is 32.2. The van der Waals surface area contributed by atoms with Gasteiger partial charge in [-0.3, -0.25) is 0 Å². The molecule has 1 aliphatic carbocycles. The van der Waals surface area contributed by atoms with Crippen molar-refractivity contribution in [2.75, 3.05) is 5.75 Å². The molecule has 0 atom stereocenters. The molecule has 1 aromatic carbocycles. The normalized spacial score (nSPS) is 16.8. The monoisotopic (exact) mass is 253 g/mol. The summed E-state index contributed by atoms with van der Waals surface area (Å²) in [7, 11) is -3.06. The number of nitrogens with one attached hydrogen (secondary N) is 1. The lowest BCUT2D eigenvalue weighted by molar-refractivity contribution is 0.338. The average Bonchev–Trinajstić information content (AvgIpc) is 2.28. The van der Waals surface area contributed by atoms with Crippen molar-refractivity contribution in [3.05, 3.63) is 29.8 Å². The number of hydrogen-bond acceptors (Lipinski definition) is 3. The topological polar surface area (TPSA) is 46.2 Å². The molecule has 1 aromatic rings. The van der Waals surface area contributed by atoms with Gasteiger partial charge >= 0.3 is 0 Å². The summed E-state index contributed by atoms with van der Waals surface area (Å²) in [5, 5.41) is 3.46. The molecule has 94 valence electrons. The van der Waals surface area contributed by atoms with Crippen LogP contribution in [0.2, 0.25) is 0 Å². The summed E-state index contributed by atoms with van der Waals surface area (Å²) in [4.78, 5) is 0.424. The summed E-state index contributed by atoms with van der Waals surface area (Å²) in [6.45, 7) is 2.50. The zero-order valence-electron chi connectivity index (χ0n) is 10.1. The summed E-state index contributed by atoms with van der Waals surface area (Å²) < 4.78 is 23.2. The Balaban J connectivity index is 1.97. The number of sulfone groups is 1. The highest BCUT2D eigenvalue weighted by Crippen LogP contribution is 2.19. The van der Waals surface area contributed by atoms with Crippen molar-refractivity contribution in [3.63, 3.8) is 0 Å². The Labute approximate surface area is 103 Å². The summed E-state index contributed by atoms with van der Waals surface area (Å²) in [5.41, 5.74) is 1.15. The first-order valence-electron chi connectivity index (χ1n) is 6.17. The van der Waals surface area contributed by atoms with Crippen molar-refractivity contribution in [3.8, 4) is 0 Å². The van der Waals surface area contributed by atoms with Gasteiger partial charge in [0, 0.05) is 12.6 Å². The Morgan fingerprint density at radius 2 is 1.88 bits per heavy atom. The van der Waals surface area contributed by atoms with E-state index in [9.17, 15) is 8.42 Å².